The number of pyridine rings is 1. The molecule has 0 aliphatic carbocycles. The Balaban J connectivity index is 1.87. The number of nitrogens with zero attached hydrogens (tertiary/aromatic N) is 3. The summed E-state index contributed by atoms with van der Waals surface area (Å²) in [6.45, 7) is 5.92. The van der Waals surface area contributed by atoms with Gasteiger partial charge < -0.3 is 20.1 Å². The average molecular weight is 608 g/mol. The van der Waals surface area contributed by atoms with Crippen molar-refractivity contribution in [2.45, 2.75) is 51.7 Å². The number of aryl methyl sites for hydroxylation is 1. The van der Waals surface area contributed by atoms with E-state index in [1.807, 2.05) is 0 Å². The number of aromatic nitrogens is 1. The van der Waals surface area contributed by atoms with E-state index >= 15 is 4.39 Å². The Morgan fingerprint density at radius 2 is 2.02 bits per heavy atom. The smallest absolute Gasteiger partial charge is 0.410 e. The number of nitrogens with one attached hydrogen (secondary N) is 1. The molecule has 0 spiro atoms. The number of likely N-dealkylation sites (tertiary alicyclic amines) is 1. The number of amides is 1. The molecule has 1 aromatic heterocycles. The summed E-state index contributed by atoms with van der Waals surface area (Å²) in [6, 6.07) is 8.07. The number of benzene rings is 2. The highest BCUT2D eigenvalue weighted by Gasteiger charge is 2.32. The Hall–Kier alpha value is -3.32. The molecule has 210 valence electrons. The molecular weight excluding hydrogens is 582 g/mol. The number of fused-ring (bicyclic) bond motifs is 1. The monoisotopic (exact) mass is 606 g/mol. The molecule has 4 rings (SSSR count). The van der Waals surface area contributed by atoms with Crippen molar-refractivity contribution in [2.75, 3.05) is 18.4 Å². The molecule has 0 saturated carbocycles. The summed E-state index contributed by atoms with van der Waals surface area (Å²) in [5.41, 5.74) is -0.282. The molecule has 2 heterocycles. The van der Waals surface area contributed by atoms with Gasteiger partial charge in [-0.05, 0) is 51.3 Å². The van der Waals surface area contributed by atoms with Crippen LogP contribution in [-0.4, -0.2) is 51.8 Å². The lowest BCUT2D eigenvalue weighted by molar-refractivity contribution is 0.0293. The summed E-state index contributed by atoms with van der Waals surface area (Å²) >= 11 is 19.0. The van der Waals surface area contributed by atoms with E-state index in [9.17, 15) is 20.0 Å². The lowest BCUT2D eigenvalue weighted by Crippen LogP contribution is -2.36. The van der Waals surface area contributed by atoms with Crippen molar-refractivity contribution in [2.24, 2.45) is 0 Å². The molecule has 2 aromatic carbocycles. The number of rotatable bonds is 6. The maximum atomic E-state index is 16.3. The maximum Gasteiger partial charge on any atom is 0.410 e. The summed E-state index contributed by atoms with van der Waals surface area (Å²) in [5, 5.41) is 22.6. The lowest BCUT2D eigenvalue weighted by Gasteiger charge is -2.25. The van der Waals surface area contributed by atoms with Crippen molar-refractivity contribution in [1.29, 1.82) is 5.26 Å². The first-order chi connectivity index (χ1) is 18.8. The van der Waals surface area contributed by atoms with Crippen molar-refractivity contribution in [3.63, 3.8) is 0 Å². The molecule has 40 heavy (non-hydrogen) atoms. The van der Waals surface area contributed by atoms with E-state index < -0.39 is 28.6 Å². The van der Waals surface area contributed by atoms with Gasteiger partial charge in [-0.1, -0.05) is 46.9 Å². The minimum Gasteiger partial charge on any atom is -0.478 e. The normalized spacial score (nSPS) is 15.2. The number of hydrogen-bond donors (Lipinski definition) is 2. The van der Waals surface area contributed by atoms with E-state index in [-0.39, 0.29) is 63.2 Å². The molecule has 1 unspecified atom stereocenters. The molecule has 1 aliphatic heterocycles. The van der Waals surface area contributed by atoms with Crippen molar-refractivity contribution >= 4 is 63.5 Å². The quantitative estimate of drug-likeness (QED) is 0.278. The number of nitriles is 1. The van der Waals surface area contributed by atoms with Crippen LogP contribution >= 0.6 is 34.8 Å². The van der Waals surface area contributed by atoms with Crippen LogP contribution < -0.4 is 5.32 Å². The highest BCUT2D eigenvalue weighted by Crippen LogP contribution is 2.42. The molecule has 8 nitrogen and oxygen atoms in total. The Morgan fingerprint density at radius 1 is 1.30 bits per heavy atom. The molecule has 0 radical (unpaired) electrons. The molecule has 12 heteroatoms. The fourth-order valence-electron chi connectivity index (χ4n) is 4.68. The molecule has 2 N–H and O–H groups in total. The number of carboxylic acids is 1. The Bertz CT molecular complexity index is 1550. The molecule has 0 bridgehead atoms. The number of hydrogen-bond acceptors (Lipinski definition) is 6. The number of carbonyl (C=O) groups is 2. The molecule has 1 atom stereocenters. The first kappa shape index (κ1) is 29.7. The summed E-state index contributed by atoms with van der Waals surface area (Å²) in [6.07, 6.45) is 0.224. The highest BCUT2D eigenvalue weighted by molar-refractivity contribution is 6.43. The van der Waals surface area contributed by atoms with Gasteiger partial charge in [0.25, 0.3) is 0 Å². The van der Waals surface area contributed by atoms with Crippen LogP contribution in [0.15, 0.2) is 24.3 Å². The van der Waals surface area contributed by atoms with Crippen LogP contribution in [0.4, 0.5) is 14.9 Å². The van der Waals surface area contributed by atoms with Gasteiger partial charge in [0, 0.05) is 42.1 Å². The van der Waals surface area contributed by atoms with Crippen molar-refractivity contribution in [3.05, 3.63) is 56.4 Å². The van der Waals surface area contributed by atoms with Gasteiger partial charge in [0.2, 0.25) is 0 Å². The van der Waals surface area contributed by atoms with E-state index in [2.05, 4.69) is 16.4 Å². The number of anilines is 1. The molecule has 1 aliphatic rings. The zero-order valence-corrected chi connectivity index (χ0v) is 24.2. The fourth-order valence-corrected chi connectivity index (χ4v) is 5.33. The third-order valence-corrected chi connectivity index (χ3v) is 7.48. The van der Waals surface area contributed by atoms with Gasteiger partial charge in [-0.25, -0.2) is 19.0 Å². The zero-order valence-electron chi connectivity index (χ0n) is 21.9. The van der Waals surface area contributed by atoms with Gasteiger partial charge in [0.1, 0.15) is 21.8 Å². The number of ether oxygens (including phenoxy) is 1. The second-order valence-corrected chi connectivity index (χ2v) is 11.5. The number of carboxylic acid groups (broad SMARTS) is 1. The second-order valence-electron chi connectivity index (χ2n) is 10.4. The second kappa shape index (κ2) is 11.7. The Labute approximate surface area is 245 Å². The van der Waals surface area contributed by atoms with Gasteiger partial charge in [-0.15, -0.1) is 0 Å². The van der Waals surface area contributed by atoms with Gasteiger partial charge in [0.05, 0.1) is 21.8 Å². The SMILES string of the molecule is CC(C)(C)OC(=O)N1CCC(Nc2c(C(=O)O)c(Cl)nc3c(F)c(-c4cccc(Cl)c4Cl)c(CCC#N)cc23)C1. The molecule has 1 saturated heterocycles. The number of carbonyl (C=O) groups excluding carboxylic acids is 1. The zero-order chi connectivity index (χ0) is 29.4. The minimum atomic E-state index is -1.36. The molecule has 1 amide bonds. The predicted octanol–water partition coefficient (Wildman–Crippen LogP) is 7.58. The third-order valence-electron chi connectivity index (χ3n) is 6.39. The van der Waals surface area contributed by atoms with E-state index in [1.54, 1.807) is 45.0 Å². The molecular formula is C28H26Cl3FN4O4. The summed E-state index contributed by atoms with van der Waals surface area (Å²) in [5.74, 6) is -2.14. The standard InChI is InChI=1S/C28H26Cl3FN4O4/c1-28(2,3)40-27(39)36-11-9-15(13-36)34-23-17-12-14(6-5-10-33)19(16-7-4-8-18(29)21(16)30)22(32)24(17)35-25(31)20(23)26(37)38/h4,7-8,12,15H,5-6,9,11,13H2,1-3H3,(H,34,35)(H,37,38). The van der Waals surface area contributed by atoms with Gasteiger partial charge in [0.15, 0.2) is 5.82 Å². The largest absolute Gasteiger partial charge is 0.478 e. The van der Waals surface area contributed by atoms with Crippen LogP contribution in [0.5, 0.6) is 0 Å². The van der Waals surface area contributed by atoms with E-state index in [4.69, 9.17) is 39.5 Å². The minimum absolute atomic E-state index is 0.0686. The number of aromatic carboxylic acids is 1. The van der Waals surface area contributed by atoms with Crippen LogP contribution in [0.2, 0.25) is 15.2 Å². The van der Waals surface area contributed by atoms with Crippen molar-refractivity contribution < 1.29 is 23.8 Å². The van der Waals surface area contributed by atoms with Crippen molar-refractivity contribution in [1.82, 2.24) is 9.88 Å². The van der Waals surface area contributed by atoms with Gasteiger partial charge >= 0.3 is 12.1 Å². The van der Waals surface area contributed by atoms with Crippen LogP contribution in [0, 0.1) is 17.1 Å². The maximum absolute atomic E-state index is 16.3. The van der Waals surface area contributed by atoms with Crippen LogP contribution in [0.1, 0.15) is 49.5 Å². The van der Waals surface area contributed by atoms with Crippen molar-refractivity contribution in [3.8, 4) is 17.2 Å². The fraction of sp³-hybridized carbons (Fsp3) is 0.357. The van der Waals surface area contributed by atoms with Crippen LogP contribution in [-0.2, 0) is 11.2 Å². The Morgan fingerprint density at radius 3 is 2.67 bits per heavy atom. The molecule has 3 aromatic rings. The number of halogens is 4. The van der Waals surface area contributed by atoms with E-state index in [1.165, 1.54) is 4.90 Å². The van der Waals surface area contributed by atoms with Crippen LogP contribution in [0.3, 0.4) is 0 Å². The summed E-state index contributed by atoms with van der Waals surface area (Å²) < 4.78 is 21.8. The van der Waals surface area contributed by atoms with Crippen LogP contribution in [0.25, 0.3) is 22.0 Å². The Kier molecular flexibility index (Phi) is 8.64. The molecule has 1 fully saturated rings. The first-order valence-corrected chi connectivity index (χ1v) is 13.6. The predicted molar refractivity (Wildman–Crippen MR) is 153 cm³/mol. The van der Waals surface area contributed by atoms with Gasteiger partial charge in [-0.3, -0.25) is 0 Å². The first-order valence-electron chi connectivity index (χ1n) is 12.5. The third kappa shape index (κ3) is 6.04. The van der Waals surface area contributed by atoms with E-state index in [0.717, 1.165) is 0 Å². The topological polar surface area (TPSA) is 116 Å². The van der Waals surface area contributed by atoms with Gasteiger partial charge in [-0.2, -0.15) is 5.26 Å². The van der Waals surface area contributed by atoms with E-state index in [0.29, 0.717) is 24.1 Å². The summed E-state index contributed by atoms with van der Waals surface area (Å²) in [4.78, 5) is 30.5. The lowest BCUT2D eigenvalue weighted by atomic mass is 9.92. The summed E-state index contributed by atoms with van der Waals surface area (Å²) in [7, 11) is 0. The average Bonchev–Trinajstić information content (AvgIpc) is 3.33. The highest BCUT2D eigenvalue weighted by atomic mass is 35.5.